The molecule has 0 spiro atoms. The van der Waals surface area contributed by atoms with Crippen molar-refractivity contribution in [3.63, 3.8) is 0 Å². The van der Waals surface area contributed by atoms with Gasteiger partial charge in [-0.3, -0.25) is 14.6 Å². The summed E-state index contributed by atoms with van der Waals surface area (Å²) in [5, 5.41) is 3.05. The van der Waals surface area contributed by atoms with Crippen molar-refractivity contribution >= 4 is 11.8 Å². The number of aromatic amines is 1. The Bertz CT molecular complexity index is 326. The maximum Gasteiger partial charge on any atom is 0.280 e. The Labute approximate surface area is 68.8 Å². The van der Waals surface area contributed by atoms with Crippen molar-refractivity contribution in [2.24, 2.45) is 7.05 Å². The molecule has 11 heavy (non-hydrogen) atoms. The molecule has 3 nitrogen and oxygen atoms in total. The summed E-state index contributed by atoms with van der Waals surface area (Å²) >= 11 is 1.67. The Morgan fingerprint density at radius 2 is 2.45 bits per heavy atom. The summed E-state index contributed by atoms with van der Waals surface area (Å²) in [6.45, 7) is 0. The van der Waals surface area contributed by atoms with Gasteiger partial charge in [0.2, 0.25) is 0 Å². The van der Waals surface area contributed by atoms with E-state index in [2.05, 4.69) is 5.10 Å². The first-order chi connectivity index (χ1) is 5.29. The molecule has 1 aliphatic rings. The number of rotatable bonds is 0. The van der Waals surface area contributed by atoms with Gasteiger partial charge in [0.25, 0.3) is 5.56 Å². The fourth-order valence-corrected chi connectivity index (χ4v) is 2.40. The SMILES string of the molecule is Cn1[nH]c2c(c1=O)SCCC2. The molecule has 1 N–H and O–H groups in total. The van der Waals surface area contributed by atoms with Gasteiger partial charge in [-0.2, -0.15) is 0 Å². The van der Waals surface area contributed by atoms with Gasteiger partial charge in [0.1, 0.15) is 0 Å². The van der Waals surface area contributed by atoms with Crippen molar-refractivity contribution in [3.05, 3.63) is 16.0 Å². The second-order valence-electron chi connectivity index (χ2n) is 2.74. The first-order valence-corrected chi connectivity index (χ1v) is 4.68. The molecule has 1 aliphatic heterocycles. The monoisotopic (exact) mass is 170 g/mol. The zero-order valence-electron chi connectivity index (χ0n) is 6.39. The number of hydrogen-bond donors (Lipinski definition) is 1. The van der Waals surface area contributed by atoms with Crippen LogP contribution < -0.4 is 5.56 Å². The van der Waals surface area contributed by atoms with Crippen LogP contribution in [0.4, 0.5) is 0 Å². The molecule has 0 atom stereocenters. The van der Waals surface area contributed by atoms with Crippen molar-refractivity contribution in [1.82, 2.24) is 9.78 Å². The Balaban J connectivity index is 2.59. The highest BCUT2D eigenvalue weighted by Crippen LogP contribution is 2.24. The van der Waals surface area contributed by atoms with Crippen LogP contribution in [0.5, 0.6) is 0 Å². The molecule has 4 heteroatoms. The van der Waals surface area contributed by atoms with E-state index in [1.807, 2.05) is 0 Å². The van der Waals surface area contributed by atoms with Crippen molar-refractivity contribution in [1.29, 1.82) is 0 Å². The van der Waals surface area contributed by atoms with Crippen LogP contribution in [0.15, 0.2) is 9.69 Å². The van der Waals surface area contributed by atoms with Crippen LogP contribution in [0.1, 0.15) is 12.1 Å². The minimum absolute atomic E-state index is 0.129. The van der Waals surface area contributed by atoms with E-state index >= 15 is 0 Å². The summed E-state index contributed by atoms with van der Waals surface area (Å²) in [5.41, 5.74) is 1.25. The first-order valence-electron chi connectivity index (χ1n) is 3.69. The lowest BCUT2D eigenvalue weighted by molar-refractivity contribution is 0.714. The smallest absolute Gasteiger partial charge is 0.280 e. The van der Waals surface area contributed by atoms with E-state index in [9.17, 15) is 4.79 Å². The molecule has 0 saturated carbocycles. The third-order valence-electron chi connectivity index (χ3n) is 1.89. The standard InChI is InChI=1S/C7H10N2OS/c1-9-7(10)6-5(8-9)3-2-4-11-6/h8H,2-4H2,1H3. The van der Waals surface area contributed by atoms with Crippen LogP contribution in [0, 0.1) is 0 Å². The normalized spacial score (nSPS) is 16.5. The molecule has 0 aliphatic carbocycles. The van der Waals surface area contributed by atoms with Crippen molar-refractivity contribution in [3.8, 4) is 0 Å². The van der Waals surface area contributed by atoms with Gasteiger partial charge >= 0.3 is 0 Å². The summed E-state index contributed by atoms with van der Waals surface area (Å²) in [5.74, 6) is 1.08. The molecule has 0 aromatic carbocycles. The molecule has 2 heterocycles. The molecular weight excluding hydrogens is 160 g/mol. The second-order valence-corrected chi connectivity index (χ2v) is 3.84. The number of aryl methyl sites for hydroxylation is 2. The zero-order valence-corrected chi connectivity index (χ0v) is 7.20. The Hall–Kier alpha value is -0.640. The van der Waals surface area contributed by atoms with Gasteiger partial charge in [-0.15, -0.1) is 11.8 Å². The minimum atomic E-state index is 0.129. The topological polar surface area (TPSA) is 37.8 Å². The Kier molecular flexibility index (Phi) is 1.56. The van der Waals surface area contributed by atoms with E-state index in [1.54, 1.807) is 23.5 Å². The fourth-order valence-electron chi connectivity index (χ4n) is 1.33. The maximum atomic E-state index is 11.3. The van der Waals surface area contributed by atoms with Gasteiger partial charge in [0.05, 0.1) is 10.6 Å². The molecule has 2 rings (SSSR count). The van der Waals surface area contributed by atoms with E-state index in [1.165, 1.54) is 6.42 Å². The molecule has 1 aromatic heterocycles. The summed E-state index contributed by atoms with van der Waals surface area (Å²) < 4.78 is 1.56. The predicted octanol–water partition coefficient (Wildman–Crippen LogP) is 0.752. The largest absolute Gasteiger partial charge is 0.299 e. The summed E-state index contributed by atoms with van der Waals surface area (Å²) in [4.78, 5) is 12.3. The first kappa shape index (κ1) is 7.03. The molecule has 0 radical (unpaired) electrons. The lowest BCUT2D eigenvalue weighted by atomic mass is 10.2. The van der Waals surface area contributed by atoms with Gasteiger partial charge < -0.3 is 0 Å². The highest BCUT2D eigenvalue weighted by Gasteiger charge is 2.16. The summed E-state index contributed by atoms with van der Waals surface area (Å²) in [6.07, 6.45) is 2.20. The second kappa shape index (κ2) is 2.44. The maximum absolute atomic E-state index is 11.3. The quantitative estimate of drug-likeness (QED) is 0.624. The van der Waals surface area contributed by atoms with Crippen LogP contribution in [-0.2, 0) is 13.5 Å². The van der Waals surface area contributed by atoms with E-state index in [0.717, 1.165) is 22.8 Å². The fraction of sp³-hybridized carbons (Fsp3) is 0.571. The van der Waals surface area contributed by atoms with Crippen molar-refractivity contribution in [2.45, 2.75) is 17.7 Å². The van der Waals surface area contributed by atoms with Crippen LogP contribution in [0.25, 0.3) is 0 Å². The summed E-state index contributed by atoms with van der Waals surface area (Å²) in [6, 6.07) is 0. The minimum Gasteiger partial charge on any atom is -0.299 e. The van der Waals surface area contributed by atoms with Gasteiger partial charge in [0, 0.05) is 7.05 Å². The molecule has 0 fully saturated rings. The van der Waals surface area contributed by atoms with Gasteiger partial charge in [-0.25, -0.2) is 0 Å². The molecule has 0 unspecified atom stereocenters. The molecule has 60 valence electrons. The van der Waals surface area contributed by atoms with E-state index in [-0.39, 0.29) is 5.56 Å². The number of hydrogen-bond acceptors (Lipinski definition) is 2. The number of nitrogens with one attached hydrogen (secondary N) is 1. The highest BCUT2D eigenvalue weighted by molar-refractivity contribution is 7.99. The van der Waals surface area contributed by atoms with Gasteiger partial charge in [-0.1, -0.05) is 0 Å². The lowest BCUT2D eigenvalue weighted by Crippen LogP contribution is -2.13. The van der Waals surface area contributed by atoms with E-state index in [0.29, 0.717) is 0 Å². The number of fused-ring (bicyclic) bond motifs is 1. The van der Waals surface area contributed by atoms with Crippen LogP contribution in [-0.4, -0.2) is 15.5 Å². The van der Waals surface area contributed by atoms with E-state index < -0.39 is 0 Å². The molecular formula is C7H10N2OS. The van der Waals surface area contributed by atoms with Gasteiger partial charge in [-0.05, 0) is 18.6 Å². The lowest BCUT2D eigenvalue weighted by Gasteiger charge is -2.06. The zero-order chi connectivity index (χ0) is 7.84. The number of H-pyrrole nitrogens is 1. The van der Waals surface area contributed by atoms with Gasteiger partial charge in [0.15, 0.2) is 0 Å². The number of aromatic nitrogens is 2. The highest BCUT2D eigenvalue weighted by atomic mass is 32.2. The average molecular weight is 170 g/mol. The molecule has 0 amide bonds. The van der Waals surface area contributed by atoms with Crippen LogP contribution in [0.2, 0.25) is 0 Å². The third kappa shape index (κ3) is 1.01. The van der Waals surface area contributed by atoms with Crippen LogP contribution >= 0.6 is 11.8 Å². The third-order valence-corrected chi connectivity index (χ3v) is 3.10. The Morgan fingerprint density at radius 1 is 1.64 bits per heavy atom. The average Bonchev–Trinajstić information content (AvgIpc) is 2.30. The van der Waals surface area contributed by atoms with Crippen molar-refractivity contribution in [2.75, 3.05) is 5.75 Å². The molecule has 1 aromatic rings. The predicted molar refractivity (Wildman–Crippen MR) is 45.1 cm³/mol. The van der Waals surface area contributed by atoms with E-state index in [4.69, 9.17) is 0 Å². The number of thioether (sulfide) groups is 1. The number of nitrogens with zero attached hydrogens (tertiary/aromatic N) is 1. The Morgan fingerprint density at radius 3 is 3.18 bits per heavy atom. The summed E-state index contributed by atoms with van der Waals surface area (Å²) in [7, 11) is 1.77. The molecule has 0 bridgehead atoms. The molecule has 0 saturated heterocycles. The van der Waals surface area contributed by atoms with Crippen molar-refractivity contribution < 1.29 is 0 Å². The van der Waals surface area contributed by atoms with Crippen LogP contribution in [0.3, 0.4) is 0 Å².